The van der Waals surface area contributed by atoms with Crippen molar-refractivity contribution in [2.45, 2.75) is 6.92 Å². The number of hydrogen-bond donors (Lipinski definition) is 1. The Balaban J connectivity index is 1.63. The maximum absolute atomic E-state index is 12.3. The number of aromatic nitrogens is 1. The molecule has 3 rings (SSSR count). The Morgan fingerprint density at radius 1 is 1.03 bits per heavy atom. The first kappa shape index (κ1) is 22.0. The van der Waals surface area contributed by atoms with Crippen LogP contribution in [0.2, 0.25) is 0 Å². The number of Topliss-reactive ketones (excluding diaryl/α,β-unsaturated/α-hetero) is 1. The van der Waals surface area contributed by atoms with Gasteiger partial charge in [0.2, 0.25) is 0 Å². The van der Waals surface area contributed by atoms with Crippen LogP contribution in [0.25, 0.3) is 10.6 Å². The molecule has 0 aliphatic heterocycles. The van der Waals surface area contributed by atoms with Crippen molar-refractivity contribution in [3.05, 3.63) is 59.1 Å². The molecular weight excluding hydrogens is 420 g/mol. The molecule has 2 aromatic carbocycles. The van der Waals surface area contributed by atoms with Crippen molar-refractivity contribution in [2.24, 2.45) is 0 Å². The standard InChI is InChI=1S/C22H20N2O6S/c1-13(25)15-6-4-5-7-16(15)23-20(26)11-30-22(27)17-12-31-21(24-17)14-8-9-18(28-2)19(10-14)29-3/h4-10,12H,11H2,1-3H3,(H,23,26). The highest BCUT2D eigenvalue weighted by Gasteiger charge is 2.17. The number of para-hydroxylation sites is 1. The van der Waals surface area contributed by atoms with Crippen LogP contribution >= 0.6 is 11.3 Å². The molecule has 1 aromatic heterocycles. The number of methoxy groups -OCH3 is 2. The zero-order valence-electron chi connectivity index (χ0n) is 17.1. The van der Waals surface area contributed by atoms with Gasteiger partial charge in [-0.05, 0) is 37.3 Å². The number of nitrogens with one attached hydrogen (secondary N) is 1. The van der Waals surface area contributed by atoms with Gasteiger partial charge in [-0.1, -0.05) is 12.1 Å². The third-order valence-electron chi connectivity index (χ3n) is 4.26. The number of ketones is 1. The second-order valence-electron chi connectivity index (χ2n) is 6.33. The van der Waals surface area contributed by atoms with Crippen LogP contribution in [0, 0.1) is 0 Å². The van der Waals surface area contributed by atoms with Gasteiger partial charge in [-0.25, -0.2) is 9.78 Å². The maximum atomic E-state index is 12.3. The van der Waals surface area contributed by atoms with E-state index in [9.17, 15) is 14.4 Å². The molecule has 0 saturated heterocycles. The number of nitrogens with zero attached hydrogens (tertiary/aromatic N) is 1. The summed E-state index contributed by atoms with van der Waals surface area (Å²) in [7, 11) is 3.08. The molecule has 31 heavy (non-hydrogen) atoms. The molecular formula is C22H20N2O6S. The Morgan fingerprint density at radius 2 is 1.77 bits per heavy atom. The molecule has 3 aromatic rings. The summed E-state index contributed by atoms with van der Waals surface area (Å²) >= 11 is 1.26. The Morgan fingerprint density at radius 3 is 2.48 bits per heavy atom. The van der Waals surface area contributed by atoms with Crippen molar-refractivity contribution < 1.29 is 28.6 Å². The van der Waals surface area contributed by atoms with Gasteiger partial charge in [0.1, 0.15) is 5.01 Å². The molecule has 0 saturated carbocycles. The number of rotatable bonds is 8. The monoisotopic (exact) mass is 440 g/mol. The Bertz CT molecular complexity index is 1120. The van der Waals surface area contributed by atoms with Crippen molar-refractivity contribution in [3.8, 4) is 22.1 Å². The minimum absolute atomic E-state index is 0.0896. The number of amides is 1. The zero-order chi connectivity index (χ0) is 22.4. The minimum Gasteiger partial charge on any atom is -0.493 e. The lowest BCUT2D eigenvalue weighted by molar-refractivity contribution is -0.119. The number of esters is 1. The highest BCUT2D eigenvalue weighted by atomic mass is 32.1. The second kappa shape index (κ2) is 9.86. The SMILES string of the molecule is COc1ccc(-c2nc(C(=O)OCC(=O)Nc3ccccc3C(C)=O)cs2)cc1OC. The van der Waals surface area contributed by atoms with E-state index in [-0.39, 0.29) is 11.5 Å². The van der Waals surface area contributed by atoms with Crippen LogP contribution in [0.4, 0.5) is 5.69 Å². The molecule has 0 spiro atoms. The molecule has 0 unspecified atom stereocenters. The van der Waals surface area contributed by atoms with Gasteiger partial charge in [-0.3, -0.25) is 9.59 Å². The fourth-order valence-electron chi connectivity index (χ4n) is 2.76. The normalized spacial score (nSPS) is 10.3. The van der Waals surface area contributed by atoms with Crippen LogP contribution in [-0.4, -0.2) is 43.5 Å². The first-order valence-corrected chi connectivity index (χ1v) is 10.1. The number of carbonyl (C=O) groups excluding carboxylic acids is 3. The summed E-state index contributed by atoms with van der Waals surface area (Å²) in [6.45, 7) is 0.900. The second-order valence-corrected chi connectivity index (χ2v) is 7.19. The fraction of sp³-hybridized carbons (Fsp3) is 0.182. The van der Waals surface area contributed by atoms with Crippen molar-refractivity contribution in [2.75, 3.05) is 26.1 Å². The number of benzene rings is 2. The molecule has 0 bridgehead atoms. The summed E-state index contributed by atoms with van der Waals surface area (Å²) in [4.78, 5) is 40.3. The van der Waals surface area contributed by atoms with Crippen LogP contribution in [0.3, 0.4) is 0 Å². The molecule has 1 amide bonds. The Labute approximate surface area is 182 Å². The average molecular weight is 440 g/mol. The number of carbonyl (C=O) groups is 3. The van der Waals surface area contributed by atoms with Crippen LogP contribution < -0.4 is 14.8 Å². The third-order valence-corrected chi connectivity index (χ3v) is 5.15. The van der Waals surface area contributed by atoms with E-state index in [0.29, 0.717) is 27.8 Å². The molecule has 0 radical (unpaired) electrons. The molecule has 160 valence electrons. The molecule has 0 aliphatic carbocycles. The predicted molar refractivity (Wildman–Crippen MR) is 116 cm³/mol. The molecule has 9 heteroatoms. The molecule has 1 heterocycles. The summed E-state index contributed by atoms with van der Waals surface area (Å²) in [5.41, 5.74) is 1.58. The van der Waals surface area contributed by atoms with Crippen molar-refractivity contribution >= 4 is 34.7 Å². The van der Waals surface area contributed by atoms with Crippen molar-refractivity contribution in [1.82, 2.24) is 4.98 Å². The summed E-state index contributed by atoms with van der Waals surface area (Å²) in [5.74, 6) is -0.338. The summed E-state index contributed by atoms with van der Waals surface area (Å²) < 4.78 is 15.6. The highest BCUT2D eigenvalue weighted by molar-refractivity contribution is 7.13. The summed E-state index contributed by atoms with van der Waals surface area (Å²) in [6.07, 6.45) is 0. The maximum Gasteiger partial charge on any atom is 0.358 e. The van der Waals surface area contributed by atoms with Gasteiger partial charge in [0.25, 0.3) is 5.91 Å². The first-order chi connectivity index (χ1) is 14.9. The third kappa shape index (κ3) is 5.26. The van der Waals surface area contributed by atoms with Crippen LogP contribution in [0.1, 0.15) is 27.8 Å². The van der Waals surface area contributed by atoms with Crippen LogP contribution in [0.15, 0.2) is 47.8 Å². The number of ether oxygens (including phenoxy) is 3. The van der Waals surface area contributed by atoms with Crippen molar-refractivity contribution in [1.29, 1.82) is 0 Å². The van der Waals surface area contributed by atoms with E-state index in [1.165, 1.54) is 25.4 Å². The molecule has 1 N–H and O–H groups in total. The average Bonchev–Trinajstić information content (AvgIpc) is 3.27. The van der Waals surface area contributed by atoms with Gasteiger partial charge in [0.05, 0.1) is 19.9 Å². The lowest BCUT2D eigenvalue weighted by atomic mass is 10.1. The summed E-state index contributed by atoms with van der Waals surface area (Å²) in [6, 6.07) is 11.9. The van der Waals surface area contributed by atoms with Gasteiger partial charge in [-0.15, -0.1) is 11.3 Å². The van der Waals surface area contributed by atoms with E-state index >= 15 is 0 Å². The van der Waals surface area contributed by atoms with Gasteiger partial charge in [-0.2, -0.15) is 0 Å². The molecule has 0 atom stereocenters. The van der Waals surface area contributed by atoms with Gasteiger partial charge in [0.15, 0.2) is 29.6 Å². The van der Waals surface area contributed by atoms with E-state index < -0.39 is 18.5 Å². The zero-order valence-corrected chi connectivity index (χ0v) is 17.9. The van der Waals surface area contributed by atoms with Gasteiger partial charge >= 0.3 is 5.97 Å². The lowest BCUT2D eigenvalue weighted by Crippen LogP contribution is -2.22. The summed E-state index contributed by atoms with van der Waals surface area (Å²) in [5, 5.41) is 4.72. The van der Waals surface area contributed by atoms with Gasteiger partial charge < -0.3 is 19.5 Å². The Hall–Kier alpha value is -3.72. The molecule has 8 nitrogen and oxygen atoms in total. The van der Waals surface area contributed by atoms with Gasteiger partial charge in [0, 0.05) is 16.5 Å². The van der Waals surface area contributed by atoms with E-state index in [2.05, 4.69) is 10.3 Å². The fourth-order valence-corrected chi connectivity index (χ4v) is 3.55. The quantitative estimate of drug-likeness (QED) is 0.419. The molecule has 0 fully saturated rings. The van der Waals surface area contributed by atoms with E-state index in [1.54, 1.807) is 55.0 Å². The Kier molecular flexibility index (Phi) is 6.99. The smallest absolute Gasteiger partial charge is 0.358 e. The molecule has 0 aliphatic rings. The number of anilines is 1. The van der Waals surface area contributed by atoms with E-state index in [0.717, 1.165) is 5.56 Å². The first-order valence-electron chi connectivity index (χ1n) is 9.17. The van der Waals surface area contributed by atoms with Crippen molar-refractivity contribution in [3.63, 3.8) is 0 Å². The highest BCUT2D eigenvalue weighted by Crippen LogP contribution is 2.33. The number of hydrogen-bond acceptors (Lipinski definition) is 8. The van der Waals surface area contributed by atoms with Crippen LogP contribution in [0.5, 0.6) is 11.5 Å². The lowest BCUT2D eigenvalue weighted by Gasteiger charge is -2.09. The number of thiazole rings is 1. The predicted octanol–water partition coefficient (Wildman–Crippen LogP) is 3.83. The topological polar surface area (TPSA) is 104 Å². The van der Waals surface area contributed by atoms with E-state index in [4.69, 9.17) is 14.2 Å². The minimum atomic E-state index is -0.724. The largest absolute Gasteiger partial charge is 0.493 e. The van der Waals surface area contributed by atoms with E-state index in [1.807, 2.05) is 0 Å². The van der Waals surface area contributed by atoms with Crippen LogP contribution in [-0.2, 0) is 9.53 Å².